The Morgan fingerprint density at radius 3 is 2.42 bits per heavy atom. The number of phenols is 1. The monoisotopic (exact) mass is 484 g/mol. The highest BCUT2D eigenvalue weighted by molar-refractivity contribution is 6.15. The standard InChI is InChI=1S/C29H28N2O5/c1-19-13-23(32)22(17-31-11-9-30(10-12-31)16-20-5-3-2-4-6-20)29-27(19)28(33)26(36-29)15-21-7-8-24-25(14-21)35-18-34-24/h2-8,13-15,32H,9-12,16-18H2,1H3/b26-15-. The molecule has 0 spiro atoms. The highest BCUT2D eigenvalue weighted by Gasteiger charge is 2.34. The number of rotatable bonds is 5. The van der Waals surface area contributed by atoms with E-state index in [4.69, 9.17) is 14.2 Å². The number of aromatic hydroxyl groups is 1. The summed E-state index contributed by atoms with van der Waals surface area (Å²) in [6.45, 7) is 7.13. The van der Waals surface area contributed by atoms with E-state index in [-0.39, 0.29) is 24.1 Å². The number of ketones is 1. The number of nitrogens with zero attached hydrogens (tertiary/aromatic N) is 2. The number of phenolic OH excluding ortho intramolecular Hbond substituents is 1. The van der Waals surface area contributed by atoms with Crippen LogP contribution in [0.4, 0.5) is 0 Å². The molecule has 3 aromatic carbocycles. The number of hydrogen-bond donors (Lipinski definition) is 1. The number of ether oxygens (including phenoxy) is 3. The Kier molecular flexibility index (Phi) is 5.87. The van der Waals surface area contributed by atoms with Crippen LogP contribution in [0.3, 0.4) is 0 Å². The van der Waals surface area contributed by atoms with Crippen molar-refractivity contribution in [2.75, 3.05) is 33.0 Å². The third-order valence-corrected chi connectivity index (χ3v) is 7.01. The maximum Gasteiger partial charge on any atom is 0.232 e. The van der Waals surface area contributed by atoms with Gasteiger partial charge >= 0.3 is 0 Å². The maximum atomic E-state index is 13.3. The predicted molar refractivity (Wildman–Crippen MR) is 135 cm³/mol. The molecule has 0 atom stereocenters. The fourth-order valence-electron chi connectivity index (χ4n) is 5.06. The Bertz CT molecular complexity index is 1340. The third kappa shape index (κ3) is 4.32. The van der Waals surface area contributed by atoms with Crippen LogP contribution in [-0.2, 0) is 13.1 Å². The van der Waals surface area contributed by atoms with Gasteiger partial charge in [0.1, 0.15) is 11.5 Å². The second-order valence-electron chi connectivity index (χ2n) is 9.49. The zero-order valence-electron chi connectivity index (χ0n) is 20.2. The number of carbonyl (C=O) groups excluding carboxylic acids is 1. The minimum atomic E-state index is -0.172. The summed E-state index contributed by atoms with van der Waals surface area (Å²) in [7, 11) is 0. The van der Waals surface area contributed by atoms with Gasteiger partial charge in [-0.25, -0.2) is 0 Å². The SMILES string of the molecule is Cc1cc(O)c(CN2CCN(Cc3ccccc3)CC2)c2c1C(=O)/C(=C/c1ccc3c(c1)OCO3)O2. The molecular formula is C29H28N2O5. The molecule has 0 aromatic heterocycles. The van der Waals surface area contributed by atoms with Gasteiger partial charge in [-0.15, -0.1) is 0 Å². The summed E-state index contributed by atoms with van der Waals surface area (Å²) in [6, 6.07) is 17.7. The van der Waals surface area contributed by atoms with Crippen molar-refractivity contribution in [2.45, 2.75) is 20.0 Å². The van der Waals surface area contributed by atoms with E-state index in [2.05, 4.69) is 34.1 Å². The van der Waals surface area contributed by atoms with Crippen LogP contribution in [-0.4, -0.2) is 53.7 Å². The molecule has 1 fully saturated rings. The summed E-state index contributed by atoms with van der Waals surface area (Å²) in [5.41, 5.74) is 3.99. The van der Waals surface area contributed by atoms with Crippen molar-refractivity contribution in [2.24, 2.45) is 0 Å². The number of Topliss-reactive ketones (excluding diaryl/α,β-unsaturated/α-hetero) is 1. The van der Waals surface area contributed by atoms with E-state index in [1.807, 2.05) is 31.2 Å². The maximum absolute atomic E-state index is 13.3. The third-order valence-electron chi connectivity index (χ3n) is 7.01. The van der Waals surface area contributed by atoms with Crippen LogP contribution in [0.2, 0.25) is 0 Å². The van der Waals surface area contributed by atoms with Gasteiger partial charge < -0.3 is 19.3 Å². The van der Waals surface area contributed by atoms with E-state index in [1.165, 1.54) is 5.56 Å². The first-order valence-corrected chi connectivity index (χ1v) is 12.2. The lowest BCUT2D eigenvalue weighted by Gasteiger charge is -2.35. The summed E-state index contributed by atoms with van der Waals surface area (Å²) < 4.78 is 16.9. The summed E-state index contributed by atoms with van der Waals surface area (Å²) in [4.78, 5) is 18.0. The Balaban J connectivity index is 1.19. The summed E-state index contributed by atoms with van der Waals surface area (Å²) >= 11 is 0. The van der Waals surface area contributed by atoms with Crippen molar-refractivity contribution in [3.8, 4) is 23.0 Å². The fourth-order valence-corrected chi connectivity index (χ4v) is 5.06. The molecular weight excluding hydrogens is 456 g/mol. The van der Waals surface area contributed by atoms with Gasteiger partial charge in [0, 0.05) is 39.3 Å². The van der Waals surface area contributed by atoms with Crippen molar-refractivity contribution in [3.63, 3.8) is 0 Å². The van der Waals surface area contributed by atoms with Crippen LogP contribution in [0.15, 0.2) is 60.4 Å². The molecule has 7 heteroatoms. The minimum Gasteiger partial charge on any atom is -0.507 e. The average molecular weight is 485 g/mol. The summed E-state index contributed by atoms with van der Waals surface area (Å²) in [5.74, 6) is 2.03. The van der Waals surface area contributed by atoms with Crippen molar-refractivity contribution in [3.05, 3.63) is 88.2 Å². The molecule has 3 aromatic rings. The highest BCUT2D eigenvalue weighted by atomic mass is 16.7. The minimum absolute atomic E-state index is 0.162. The molecule has 0 amide bonds. The van der Waals surface area contributed by atoms with Crippen LogP contribution in [0.5, 0.6) is 23.0 Å². The predicted octanol–water partition coefficient (Wildman–Crippen LogP) is 4.36. The molecule has 3 aliphatic heterocycles. The summed E-state index contributed by atoms with van der Waals surface area (Å²) in [6.07, 6.45) is 1.72. The Hall–Kier alpha value is -3.81. The second-order valence-corrected chi connectivity index (χ2v) is 9.49. The van der Waals surface area contributed by atoms with Crippen molar-refractivity contribution in [1.29, 1.82) is 0 Å². The average Bonchev–Trinajstić information content (AvgIpc) is 3.48. The number of carbonyl (C=O) groups is 1. The molecule has 3 heterocycles. The van der Waals surface area contributed by atoms with Gasteiger partial charge in [0.05, 0.1) is 11.1 Å². The lowest BCUT2D eigenvalue weighted by molar-refractivity contribution is 0.101. The normalized spacial score (nSPS) is 18.5. The Morgan fingerprint density at radius 1 is 0.917 bits per heavy atom. The zero-order chi connectivity index (χ0) is 24.6. The lowest BCUT2D eigenvalue weighted by atomic mass is 9.99. The first-order chi connectivity index (χ1) is 17.5. The molecule has 1 N–H and O–H groups in total. The van der Waals surface area contributed by atoms with Gasteiger partial charge in [-0.1, -0.05) is 36.4 Å². The molecule has 6 rings (SSSR count). The van der Waals surface area contributed by atoms with Crippen LogP contribution in [0.25, 0.3) is 6.08 Å². The molecule has 36 heavy (non-hydrogen) atoms. The lowest BCUT2D eigenvalue weighted by Crippen LogP contribution is -2.45. The fraction of sp³-hybridized carbons (Fsp3) is 0.276. The van der Waals surface area contributed by atoms with Gasteiger partial charge in [0.25, 0.3) is 0 Å². The number of piperazine rings is 1. The van der Waals surface area contributed by atoms with Gasteiger partial charge in [-0.05, 0) is 47.9 Å². The van der Waals surface area contributed by atoms with Crippen LogP contribution >= 0.6 is 0 Å². The Morgan fingerprint density at radius 2 is 1.64 bits per heavy atom. The second kappa shape index (κ2) is 9.33. The number of hydrogen-bond acceptors (Lipinski definition) is 7. The molecule has 0 saturated carbocycles. The van der Waals surface area contributed by atoms with Crippen LogP contribution in [0.1, 0.15) is 32.6 Å². The van der Waals surface area contributed by atoms with E-state index in [0.29, 0.717) is 40.5 Å². The first-order valence-electron chi connectivity index (χ1n) is 12.2. The zero-order valence-corrected chi connectivity index (χ0v) is 20.2. The van der Waals surface area contributed by atoms with E-state index in [0.717, 1.165) is 38.3 Å². The molecule has 0 radical (unpaired) electrons. The van der Waals surface area contributed by atoms with Gasteiger partial charge in [-0.3, -0.25) is 14.6 Å². The number of benzene rings is 3. The smallest absolute Gasteiger partial charge is 0.232 e. The number of allylic oxidation sites excluding steroid dienone is 1. The van der Waals surface area contributed by atoms with E-state index in [9.17, 15) is 9.90 Å². The molecule has 184 valence electrons. The van der Waals surface area contributed by atoms with Crippen molar-refractivity contribution >= 4 is 11.9 Å². The van der Waals surface area contributed by atoms with Crippen LogP contribution < -0.4 is 14.2 Å². The van der Waals surface area contributed by atoms with E-state index < -0.39 is 0 Å². The van der Waals surface area contributed by atoms with E-state index >= 15 is 0 Å². The molecule has 1 saturated heterocycles. The van der Waals surface area contributed by atoms with Gasteiger partial charge in [-0.2, -0.15) is 0 Å². The largest absolute Gasteiger partial charge is 0.507 e. The topological polar surface area (TPSA) is 71.5 Å². The van der Waals surface area contributed by atoms with Crippen molar-refractivity contribution < 1.29 is 24.1 Å². The molecule has 7 nitrogen and oxygen atoms in total. The first kappa shape index (κ1) is 22.6. The summed E-state index contributed by atoms with van der Waals surface area (Å²) in [5, 5.41) is 10.8. The Labute approximate surface area is 210 Å². The number of aryl methyl sites for hydroxylation is 1. The van der Waals surface area contributed by atoms with Crippen molar-refractivity contribution in [1.82, 2.24) is 9.80 Å². The molecule has 3 aliphatic rings. The molecule has 0 aliphatic carbocycles. The highest BCUT2D eigenvalue weighted by Crippen LogP contribution is 2.43. The van der Waals surface area contributed by atoms with Gasteiger partial charge in [0.15, 0.2) is 17.3 Å². The van der Waals surface area contributed by atoms with Gasteiger partial charge in [0.2, 0.25) is 12.6 Å². The molecule has 0 unspecified atom stereocenters. The number of fused-ring (bicyclic) bond motifs is 2. The molecule has 0 bridgehead atoms. The quantitative estimate of drug-likeness (QED) is 0.540. The van der Waals surface area contributed by atoms with Crippen LogP contribution in [0, 0.1) is 6.92 Å². The van der Waals surface area contributed by atoms with E-state index in [1.54, 1.807) is 12.1 Å².